The lowest BCUT2D eigenvalue weighted by atomic mass is 9.88. The molecule has 21 heavy (non-hydrogen) atoms. The quantitative estimate of drug-likeness (QED) is 0.596. The maximum Gasteiger partial charge on any atom is -0.00820 e. The van der Waals surface area contributed by atoms with Crippen molar-refractivity contribution >= 4 is 22.9 Å². The molecule has 1 aliphatic carbocycles. The van der Waals surface area contributed by atoms with Gasteiger partial charge < -0.3 is 0 Å². The molecular formula is C21H20. The van der Waals surface area contributed by atoms with Crippen LogP contribution in [0.1, 0.15) is 29.2 Å². The summed E-state index contributed by atoms with van der Waals surface area (Å²) >= 11 is 0. The van der Waals surface area contributed by atoms with Crippen molar-refractivity contribution in [1.29, 1.82) is 0 Å². The zero-order chi connectivity index (χ0) is 15.2. The van der Waals surface area contributed by atoms with Crippen molar-refractivity contribution in [3.8, 4) is 12.8 Å². The largest absolute Gasteiger partial charge is 0.124 e. The third-order valence-corrected chi connectivity index (χ3v) is 3.84. The topological polar surface area (TPSA) is 0 Å². The SMILES string of the molecule is C#C.C/C=C\c1c2c(c3ccccc3c1C)CC=CC=C2. The molecule has 0 amide bonds. The number of terminal acetylenes is 1. The molecular weight excluding hydrogens is 252 g/mol. The Morgan fingerprint density at radius 2 is 1.76 bits per heavy atom. The van der Waals surface area contributed by atoms with Gasteiger partial charge in [-0.2, -0.15) is 0 Å². The van der Waals surface area contributed by atoms with Crippen LogP contribution in [0.4, 0.5) is 0 Å². The smallest absolute Gasteiger partial charge is 0.00820 e. The van der Waals surface area contributed by atoms with Crippen LogP contribution in [0.2, 0.25) is 0 Å². The molecule has 0 nitrogen and oxygen atoms in total. The van der Waals surface area contributed by atoms with Crippen LogP contribution in [0.5, 0.6) is 0 Å². The maximum atomic E-state index is 4.00. The number of benzene rings is 2. The van der Waals surface area contributed by atoms with Crippen molar-refractivity contribution in [3.05, 3.63) is 70.8 Å². The molecule has 0 aliphatic heterocycles. The highest BCUT2D eigenvalue weighted by molar-refractivity contribution is 5.95. The number of allylic oxidation sites excluding steroid dienone is 4. The van der Waals surface area contributed by atoms with Gasteiger partial charge in [0.15, 0.2) is 0 Å². The molecule has 2 aromatic rings. The fourth-order valence-corrected chi connectivity index (χ4v) is 2.94. The molecule has 2 aromatic carbocycles. The lowest BCUT2D eigenvalue weighted by molar-refractivity contribution is 1.28. The van der Waals surface area contributed by atoms with Gasteiger partial charge in [0.2, 0.25) is 0 Å². The molecule has 0 aromatic heterocycles. The van der Waals surface area contributed by atoms with Crippen molar-refractivity contribution in [3.63, 3.8) is 0 Å². The average Bonchev–Trinajstić information content (AvgIpc) is 2.79. The monoisotopic (exact) mass is 272 g/mol. The number of fused-ring (bicyclic) bond motifs is 3. The van der Waals surface area contributed by atoms with Gasteiger partial charge in [-0.1, -0.05) is 60.7 Å². The Labute approximate surface area is 127 Å². The van der Waals surface area contributed by atoms with Gasteiger partial charge in [-0.05, 0) is 53.3 Å². The standard InChI is InChI=1S/C19H18.C2H2/c1-3-9-15-14(2)16-10-7-8-13-18(16)19-12-6-4-5-11-17(15)19;1-2/h3-11,13H,12H2,1-2H3;1-2H/b9-3-;. The second-order valence-corrected chi connectivity index (χ2v) is 4.97. The zero-order valence-electron chi connectivity index (χ0n) is 12.6. The summed E-state index contributed by atoms with van der Waals surface area (Å²) < 4.78 is 0. The molecule has 0 bridgehead atoms. The summed E-state index contributed by atoms with van der Waals surface area (Å²) in [7, 11) is 0. The average molecular weight is 272 g/mol. The first-order chi connectivity index (χ1) is 10.3. The van der Waals surface area contributed by atoms with E-state index in [0.717, 1.165) is 6.42 Å². The predicted molar refractivity (Wildman–Crippen MR) is 95.2 cm³/mol. The van der Waals surface area contributed by atoms with Crippen LogP contribution in [0.25, 0.3) is 22.9 Å². The van der Waals surface area contributed by atoms with Crippen LogP contribution >= 0.6 is 0 Å². The number of aryl methyl sites for hydroxylation is 1. The van der Waals surface area contributed by atoms with E-state index < -0.39 is 0 Å². The van der Waals surface area contributed by atoms with Crippen molar-refractivity contribution in [2.45, 2.75) is 20.3 Å². The number of hydrogen-bond donors (Lipinski definition) is 0. The zero-order valence-corrected chi connectivity index (χ0v) is 12.6. The van der Waals surface area contributed by atoms with E-state index in [1.54, 1.807) is 0 Å². The number of rotatable bonds is 1. The molecule has 0 fully saturated rings. The molecule has 0 N–H and O–H groups in total. The Hall–Kier alpha value is -2.52. The molecule has 0 saturated heterocycles. The maximum absolute atomic E-state index is 4.00. The van der Waals surface area contributed by atoms with Crippen molar-refractivity contribution in [2.24, 2.45) is 0 Å². The Kier molecular flexibility index (Phi) is 4.80. The van der Waals surface area contributed by atoms with E-state index in [0.29, 0.717) is 0 Å². The van der Waals surface area contributed by atoms with E-state index in [4.69, 9.17) is 0 Å². The minimum atomic E-state index is 1.01. The Bertz CT molecular complexity index is 752. The van der Waals surface area contributed by atoms with E-state index in [1.807, 2.05) is 0 Å². The third-order valence-electron chi connectivity index (χ3n) is 3.84. The Morgan fingerprint density at radius 3 is 2.48 bits per heavy atom. The molecule has 1 aliphatic rings. The van der Waals surface area contributed by atoms with Gasteiger partial charge in [0, 0.05) is 0 Å². The van der Waals surface area contributed by atoms with E-state index >= 15 is 0 Å². The van der Waals surface area contributed by atoms with Crippen LogP contribution in [-0.4, -0.2) is 0 Å². The third kappa shape index (κ3) is 2.69. The first-order valence-electron chi connectivity index (χ1n) is 7.16. The summed E-state index contributed by atoms with van der Waals surface area (Å²) in [5, 5.41) is 2.76. The Morgan fingerprint density at radius 1 is 1.05 bits per heavy atom. The van der Waals surface area contributed by atoms with Gasteiger partial charge in [-0.25, -0.2) is 0 Å². The van der Waals surface area contributed by atoms with Crippen LogP contribution < -0.4 is 0 Å². The van der Waals surface area contributed by atoms with Gasteiger partial charge in [0.25, 0.3) is 0 Å². The molecule has 0 heterocycles. The summed E-state index contributed by atoms with van der Waals surface area (Å²) in [5.74, 6) is 0. The first-order valence-corrected chi connectivity index (χ1v) is 7.16. The molecule has 0 radical (unpaired) electrons. The van der Waals surface area contributed by atoms with E-state index in [9.17, 15) is 0 Å². The predicted octanol–water partition coefficient (Wildman–Crippen LogP) is 5.56. The van der Waals surface area contributed by atoms with Crippen LogP contribution in [0.15, 0.2) is 48.6 Å². The summed E-state index contributed by atoms with van der Waals surface area (Å²) in [6.45, 7) is 4.31. The Balaban J connectivity index is 0.000000774. The van der Waals surface area contributed by atoms with E-state index in [2.05, 4.69) is 87.4 Å². The molecule has 0 heteroatoms. The first kappa shape index (κ1) is 14.9. The molecule has 3 rings (SSSR count). The fourth-order valence-electron chi connectivity index (χ4n) is 2.94. The summed E-state index contributed by atoms with van der Waals surface area (Å²) in [6.07, 6.45) is 22.1. The highest BCUT2D eigenvalue weighted by atomic mass is 14.2. The van der Waals surface area contributed by atoms with Gasteiger partial charge in [0.1, 0.15) is 0 Å². The lowest BCUT2D eigenvalue weighted by Crippen LogP contribution is -1.97. The van der Waals surface area contributed by atoms with Crippen LogP contribution in [0.3, 0.4) is 0 Å². The summed E-state index contributed by atoms with van der Waals surface area (Å²) in [6, 6.07) is 8.74. The van der Waals surface area contributed by atoms with Crippen LogP contribution in [-0.2, 0) is 6.42 Å². The molecule has 0 unspecified atom stereocenters. The highest BCUT2D eigenvalue weighted by Gasteiger charge is 2.13. The minimum Gasteiger partial charge on any atom is -0.124 e. The second kappa shape index (κ2) is 6.77. The molecule has 0 spiro atoms. The van der Waals surface area contributed by atoms with E-state index in [1.165, 1.54) is 33.0 Å². The van der Waals surface area contributed by atoms with Crippen molar-refractivity contribution in [1.82, 2.24) is 0 Å². The lowest BCUT2D eigenvalue weighted by Gasteiger charge is -2.16. The van der Waals surface area contributed by atoms with Gasteiger partial charge in [0.05, 0.1) is 0 Å². The van der Waals surface area contributed by atoms with Gasteiger partial charge >= 0.3 is 0 Å². The highest BCUT2D eigenvalue weighted by Crippen LogP contribution is 2.33. The van der Waals surface area contributed by atoms with Gasteiger partial charge in [-0.3, -0.25) is 0 Å². The molecule has 0 saturated carbocycles. The second-order valence-electron chi connectivity index (χ2n) is 4.97. The number of hydrogen-bond acceptors (Lipinski definition) is 0. The molecule has 0 atom stereocenters. The molecule has 104 valence electrons. The van der Waals surface area contributed by atoms with Crippen molar-refractivity contribution in [2.75, 3.05) is 0 Å². The fraction of sp³-hybridized carbons (Fsp3) is 0.143. The van der Waals surface area contributed by atoms with Crippen LogP contribution in [0, 0.1) is 19.8 Å². The van der Waals surface area contributed by atoms with E-state index in [-0.39, 0.29) is 0 Å². The van der Waals surface area contributed by atoms with Gasteiger partial charge in [-0.15, -0.1) is 12.8 Å². The summed E-state index contributed by atoms with van der Waals surface area (Å²) in [5.41, 5.74) is 5.55. The van der Waals surface area contributed by atoms with Crippen molar-refractivity contribution < 1.29 is 0 Å². The minimum absolute atomic E-state index is 1.01. The normalized spacial score (nSPS) is 12.8. The summed E-state index contributed by atoms with van der Waals surface area (Å²) in [4.78, 5) is 0.